The van der Waals surface area contributed by atoms with Crippen LogP contribution in [0.4, 0.5) is 5.69 Å². The molecule has 1 atom stereocenters. The maximum absolute atomic E-state index is 12.9. The molecule has 3 heterocycles. The SMILES string of the molecule is O=C(c1cscn1)N1CCN(C2CC(=O)N(c3cccc(-c4ccccc4Cl)c3)C2)CC1. The van der Waals surface area contributed by atoms with E-state index in [0.29, 0.717) is 36.8 Å². The van der Waals surface area contributed by atoms with Crippen molar-refractivity contribution in [3.8, 4) is 11.1 Å². The van der Waals surface area contributed by atoms with E-state index in [1.807, 2.05) is 58.3 Å². The summed E-state index contributed by atoms with van der Waals surface area (Å²) in [4.78, 5) is 35.6. The lowest BCUT2D eigenvalue weighted by molar-refractivity contribution is -0.117. The number of aromatic nitrogens is 1. The molecule has 5 rings (SSSR count). The number of hydrogen-bond acceptors (Lipinski definition) is 5. The van der Waals surface area contributed by atoms with Gasteiger partial charge < -0.3 is 9.80 Å². The smallest absolute Gasteiger partial charge is 0.273 e. The van der Waals surface area contributed by atoms with E-state index in [4.69, 9.17) is 11.6 Å². The fourth-order valence-corrected chi connectivity index (χ4v) is 5.26. The molecular formula is C24H23ClN4O2S. The van der Waals surface area contributed by atoms with E-state index in [2.05, 4.69) is 9.88 Å². The van der Waals surface area contributed by atoms with E-state index in [1.165, 1.54) is 11.3 Å². The highest BCUT2D eigenvalue weighted by Gasteiger charge is 2.36. The van der Waals surface area contributed by atoms with E-state index in [9.17, 15) is 9.59 Å². The number of thiazole rings is 1. The Labute approximate surface area is 196 Å². The molecule has 0 aliphatic carbocycles. The summed E-state index contributed by atoms with van der Waals surface area (Å²) in [5.74, 6) is 0.124. The molecule has 0 saturated carbocycles. The molecule has 1 unspecified atom stereocenters. The van der Waals surface area contributed by atoms with Gasteiger partial charge in [0.15, 0.2) is 0 Å². The third kappa shape index (κ3) is 4.16. The molecule has 2 amide bonds. The van der Waals surface area contributed by atoms with Crippen molar-refractivity contribution in [1.82, 2.24) is 14.8 Å². The lowest BCUT2D eigenvalue weighted by atomic mass is 10.0. The monoisotopic (exact) mass is 466 g/mol. The molecule has 32 heavy (non-hydrogen) atoms. The summed E-state index contributed by atoms with van der Waals surface area (Å²) in [6.07, 6.45) is 0.496. The Balaban J connectivity index is 1.25. The van der Waals surface area contributed by atoms with Crippen molar-refractivity contribution in [2.24, 2.45) is 0 Å². The summed E-state index contributed by atoms with van der Waals surface area (Å²) in [6, 6.07) is 15.9. The van der Waals surface area contributed by atoms with Crippen LogP contribution in [0.25, 0.3) is 11.1 Å². The maximum atomic E-state index is 12.9. The van der Waals surface area contributed by atoms with E-state index in [1.54, 1.807) is 10.9 Å². The quantitative estimate of drug-likeness (QED) is 0.582. The number of piperazine rings is 1. The van der Waals surface area contributed by atoms with Gasteiger partial charge in [-0.3, -0.25) is 14.5 Å². The van der Waals surface area contributed by atoms with Gasteiger partial charge in [-0.05, 0) is 23.8 Å². The second-order valence-electron chi connectivity index (χ2n) is 8.09. The van der Waals surface area contributed by atoms with Gasteiger partial charge in [-0.2, -0.15) is 0 Å². The van der Waals surface area contributed by atoms with Crippen LogP contribution in [0.1, 0.15) is 16.9 Å². The zero-order valence-electron chi connectivity index (χ0n) is 17.5. The van der Waals surface area contributed by atoms with Crippen molar-refractivity contribution in [2.75, 3.05) is 37.6 Å². The Bertz CT molecular complexity index is 1130. The predicted octanol–water partition coefficient (Wildman–Crippen LogP) is 4.03. The number of anilines is 1. The van der Waals surface area contributed by atoms with Gasteiger partial charge >= 0.3 is 0 Å². The Morgan fingerprint density at radius 2 is 1.88 bits per heavy atom. The van der Waals surface area contributed by atoms with Crippen LogP contribution in [0, 0.1) is 0 Å². The van der Waals surface area contributed by atoms with E-state index >= 15 is 0 Å². The molecule has 0 N–H and O–H groups in total. The second kappa shape index (κ2) is 9.02. The standard InChI is InChI=1S/C24H23ClN4O2S/c25-21-7-2-1-6-20(21)17-4-3-5-18(12-17)29-14-19(13-23(29)30)27-8-10-28(11-9-27)24(31)22-15-32-16-26-22/h1-7,12,15-16,19H,8-11,13-14H2. The van der Waals surface area contributed by atoms with Gasteiger partial charge in [0.2, 0.25) is 5.91 Å². The first-order valence-corrected chi connectivity index (χ1v) is 12.0. The molecule has 3 aromatic rings. The average Bonchev–Trinajstić information content (AvgIpc) is 3.49. The third-order valence-corrected chi connectivity index (χ3v) is 7.13. The summed E-state index contributed by atoms with van der Waals surface area (Å²) >= 11 is 7.80. The highest BCUT2D eigenvalue weighted by atomic mass is 35.5. The lowest BCUT2D eigenvalue weighted by Crippen LogP contribution is -2.52. The van der Waals surface area contributed by atoms with Crippen LogP contribution in [0.2, 0.25) is 5.02 Å². The van der Waals surface area contributed by atoms with Crippen LogP contribution < -0.4 is 4.90 Å². The van der Waals surface area contributed by atoms with Crippen molar-refractivity contribution in [1.29, 1.82) is 0 Å². The topological polar surface area (TPSA) is 56.8 Å². The molecule has 1 aromatic heterocycles. The first-order valence-electron chi connectivity index (χ1n) is 10.7. The van der Waals surface area contributed by atoms with Crippen LogP contribution >= 0.6 is 22.9 Å². The van der Waals surface area contributed by atoms with Gasteiger partial charge in [-0.15, -0.1) is 11.3 Å². The molecule has 2 saturated heterocycles. The van der Waals surface area contributed by atoms with Crippen LogP contribution in [0.15, 0.2) is 59.4 Å². The fraction of sp³-hybridized carbons (Fsp3) is 0.292. The average molecular weight is 467 g/mol. The zero-order valence-corrected chi connectivity index (χ0v) is 19.1. The molecule has 0 radical (unpaired) electrons. The molecular weight excluding hydrogens is 444 g/mol. The van der Waals surface area contributed by atoms with Crippen LogP contribution in [0.3, 0.4) is 0 Å². The van der Waals surface area contributed by atoms with Crippen LogP contribution in [0.5, 0.6) is 0 Å². The third-order valence-electron chi connectivity index (χ3n) is 6.22. The summed E-state index contributed by atoms with van der Waals surface area (Å²) in [5, 5.41) is 2.49. The second-order valence-corrected chi connectivity index (χ2v) is 9.22. The Hall–Kier alpha value is -2.74. The molecule has 164 valence electrons. The molecule has 6 nitrogen and oxygen atoms in total. The number of carbonyl (C=O) groups is 2. The number of benzene rings is 2. The highest BCUT2D eigenvalue weighted by Crippen LogP contribution is 2.32. The lowest BCUT2D eigenvalue weighted by Gasteiger charge is -2.37. The minimum absolute atomic E-state index is 0.00795. The first-order chi connectivity index (χ1) is 15.6. The summed E-state index contributed by atoms with van der Waals surface area (Å²) < 4.78 is 0. The van der Waals surface area contributed by atoms with E-state index < -0.39 is 0 Å². The normalized spacial score (nSPS) is 19.5. The molecule has 8 heteroatoms. The van der Waals surface area contributed by atoms with E-state index in [0.717, 1.165) is 29.9 Å². The number of carbonyl (C=O) groups excluding carboxylic acids is 2. The van der Waals surface area contributed by atoms with E-state index in [-0.39, 0.29) is 17.9 Å². The van der Waals surface area contributed by atoms with Gasteiger partial charge in [0.05, 0.1) is 5.51 Å². The van der Waals surface area contributed by atoms with Gasteiger partial charge in [-0.1, -0.05) is 41.9 Å². The largest absolute Gasteiger partial charge is 0.335 e. The number of nitrogens with zero attached hydrogens (tertiary/aromatic N) is 4. The van der Waals surface area contributed by atoms with Crippen LogP contribution in [-0.2, 0) is 4.79 Å². The molecule has 0 spiro atoms. The van der Waals surface area contributed by atoms with Crippen molar-refractivity contribution in [3.05, 3.63) is 70.1 Å². The summed E-state index contributed by atoms with van der Waals surface area (Å²) in [5.41, 5.74) is 5.05. The number of amides is 2. The maximum Gasteiger partial charge on any atom is 0.273 e. The molecule has 2 fully saturated rings. The minimum Gasteiger partial charge on any atom is -0.335 e. The molecule has 2 aliphatic rings. The van der Waals surface area contributed by atoms with Crippen molar-refractivity contribution >= 4 is 40.4 Å². The Morgan fingerprint density at radius 3 is 2.62 bits per heavy atom. The van der Waals surface area contributed by atoms with Gasteiger partial charge in [0.25, 0.3) is 5.91 Å². The summed E-state index contributed by atoms with van der Waals surface area (Å²) in [6.45, 7) is 3.50. The van der Waals surface area contributed by atoms with Gasteiger partial charge in [-0.25, -0.2) is 4.98 Å². The van der Waals surface area contributed by atoms with Gasteiger partial charge in [0, 0.05) is 66.8 Å². The predicted molar refractivity (Wildman–Crippen MR) is 127 cm³/mol. The number of halogens is 1. The van der Waals surface area contributed by atoms with Crippen molar-refractivity contribution in [2.45, 2.75) is 12.5 Å². The Morgan fingerprint density at radius 1 is 1.06 bits per heavy atom. The molecule has 0 bridgehead atoms. The zero-order chi connectivity index (χ0) is 22.1. The van der Waals surface area contributed by atoms with Gasteiger partial charge in [0.1, 0.15) is 5.69 Å². The fourth-order valence-electron chi connectivity index (χ4n) is 4.49. The van der Waals surface area contributed by atoms with Crippen molar-refractivity contribution in [3.63, 3.8) is 0 Å². The number of hydrogen-bond donors (Lipinski definition) is 0. The summed E-state index contributed by atoms with van der Waals surface area (Å²) in [7, 11) is 0. The van der Waals surface area contributed by atoms with Crippen molar-refractivity contribution < 1.29 is 9.59 Å². The highest BCUT2D eigenvalue weighted by molar-refractivity contribution is 7.07. The minimum atomic E-state index is -0.00795. The Kier molecular flexibility index (Phi) is 5.95. The molecule has 2 aromatic carbocycles. The van der Waals surface area contributed by atoms with Crippen LogP contribution in [-0.4, -0.2) is 65.4 Å². The molecule has 2 aliphatic heterocycles. The number of rotatable bonds is 4. The first kappa shape index (κ1) is 21.1.